The SMILES string of the molecule is Cc1c(C(=O)C=Cc2cn(CC(=O)O)nn2)cnn1-c1cccc(Cl)c1. The third-order valence-electron chi connectivity index (χ3n) is 3.59. The van der Waals surface area contributed by atoms with E-state index in [4.69, 9.17) is 16.7 Å². The van der Waals surface area contributed by atoms with Crippen molar-refractivity contribution in [2.24, 2.45) is 0 Å². The van der Waals surface area contributed by atoms with Gasteiger partial charge < -0.3 is 5.11 Å². The molecule has 0 saturated heterocycles. The summed E-state index contributed by atoms with van der Waals surface area (Å²) in [5.41, 5.74) is 2.27. The predicted octanol–water partition coefficient (Wildman–Crippen LogP) is 2.41. The summed E-state index contributed by atoms with van der Waals surface area (Å²) < 4.78 is 2.81. The largest absolute Gasteiger partial charge is 0.480 e. The topological polar surface area (TPSA) is 103 Å². The van der Waals surface area contributed by atoms with Crippen LogP contribution in [0.15, 0.2) is 42.7 Å². The predicted molar refractivity (Wildman–Crippen MR) is 94.3 cm³/mol. The van der Waals surface area contributed by atoms with Crippen LogP contribution in [-0.4, -0.2) is 41.6 Å². The Morgan fingerprint density at radius 2 is 2.15 bits per heavy atom. The Kier molecular flexibility index (Phi) is 4.94. The van der Waals surface area contributed by atoms with Crippen LogP contribution in [0.3, 0.4) is 0 Å². The third kappa shape index (κ3) is 3.86. The van der Waals surface area contributed by atoms with Gasteiger partial charge in [-0.3, -0.25) is 9.59 Å². The molecule has 9 heteroatoms. The maximum Gasteiger partial charge on any atom is 0.325 e. The molecular weight excluding hydrogens is 358 g/mol. The van der Waals surface area contributed by atoms with Gasteiger partial charge in [0.1, 0.15) is 12.2 Å². The molecule has 1 aromatic carbocycles. The molecule has 0 aliphatic heterocycles. The second kappa shape index (κ2) is 7.32. The van der Waals surface area contributed by atoms with Gasteiger partial charge in [-0.05, 0) is 37.3 Å². The maximum atomic E-state index is 12.4. The van der Waals surface area contributed by atoms with E-state index in [-0.39, 0.29) is 12.3 Å². The first-order valence-corrected chi connectivity index (χ1v) is 7.97. The van der Waals surface area contributed by atoms with E-state index in [2.05, 4.69) is 15.4 Å². The van der Waals surface area contributed by atoms with E-state index >= 15 is 0 Å². The zero-order chi connectivity index (χ0) is 18.7. The fourth-order valence-corrected chi connectivity index (χ4v) is 2.56. The lowest BCUT2D eigenvalue weighted by atomic mass is 10.1. The Hall–Kier alpha value is -3.26. The van der Waals surface area contributed by atoms with Gasteiger partial charge in [-0.15, -0.1) is 5.10 Å². The van der Waals surface area contributed by atoms with E-state index in [1.807, 2.05) is 6.07 Å². The standard InChI is InChI=1S/C17H14ClN5O3/c1-11-15(8-19-23(11)14-4-2-3-12(18)7-14)16(24)6-5-13-9-22(21-20-13)10-17(25)26/h2-9H,10H2,1H3,(H,25,26). The van der Waals surface area contributed by atoms with Crippen LogP contribution >= 0.6 is 11.6 Å². The van der Waals surface area contributed by atoms with E-state index in [1.165, 1.54) is 29.2 Å². The van der Waals surface area contributed by atoms with Gasteiger partial charge in [0.15, 0.2) is 5.78 Å². The summed E-state index contributed by atoms with van der Waals surface area (Å²) in [6.45, 7) is 1.50. The highest BCUT2D eigenvalue weighted by Crippen LogP contribution is 2.18. The first-order chi connectivity index (χ1) is 12.4. The van der Waals surface area contributed by atoms with Crippen molar-refractivity contribution in [3.63, 3.8) is 0 Å². The second-order valence-electron chi connectivity index (χ2n) is 5.47. The highest BCUT2D eigenvalue weighted by atomic mass is 35.5. The van der Waals surface area contributed by atoms with Crippen LogP contribution in [0.4, 0.5) is 0 Å². The highest BCUT2D eigenvalue weighted by molar-refractivity contribution is 6.30. The number of benzene rings is 1. The van der Waals surface area contributed by atoms with Crippen LogP contribution < -0.4 is 0 Å². The molecule has 0 aliphatic carbocycles. The summed E-state index contributed by atoms with van der Waals surface area (Å²) >= 11 is 6.00. The minimum atomic E-state index is -1.02. The van der Waals surface area contributed by atoms with E-state index < -0.39 is 5.97 Å². The van der Waals surface area contributed by atoms with E-state index in [9.17, 15) is 9.59 Å². The first-order valence-electron chi connectivity index (χ1n) is 7.59. The average Bonchev–Trinajstić information content (AvgIpc) is 3.18. The van der Waals surface area contributed by atoms with Crippen molar-refractivity contribution in [2.75, 3.05) is 0 Å². The molecule has 8 nitrogen and oxygen atoms in total. The van der Waals surface area contributed by atoms with Gasteiger partial charge in [0.25, 0.3) is 0 Å². The van der Waals surface area contributed by atoms with Crippen LogP contribution in [0.1, 0.15) is 21.7 Å². The molecule has 3 aromatic rings. The molecule has 0 radical (unpaired) electrons. The zero-order valence-electron chi connectivity index (χ0n) is 13.7. The molecule has 0 fully saturated rings. The Balaban J connectivity index is 1.78. The van der Waals surface area contributed by atoms with E-state index in [1.54, 1.807) is 29.8 Å². The van der Waals surface area contributed by atoms with Gasteiger partial charge in [-0.1, -0.05) is 22.9 Å². The molecule has 132 valence electrons. The van der Waals surface area contributed by atoms with Gasteiger partial charge in [0, 0.05) is 5.02 Å². The molecule has 0 spiro atoms. The number of hydrogen-bond acceptors (Lipinski definition) is 5. The van der Waals surface area contributed by atoms with Crippen molar-refractivity contribution >= 4 is 29.4 Å². The van der Waals surface area contributed by atoms with Crippen LogP contribution in [0, 0.1) is 6.92 Å². The number of halogens is 1. The fourth-order valence-electron chi connectivity index (χ4n) is 2.38. The molecule has 2 heterocycles. The normalized spacial score (nSPS) is 11.2. The first kappa shape index (κ1) is 17.6. The summed E-state index contributed by atoms with van der Waals surface area (Å²) in [5.74, 6) is -1.27. The molecule has 0 bridgehead atoms. The molecule has 0 aliphatic rings. The van der Waals surface area contributed by atoms with Gasteiger partial charge in [-0.25, -0.2) is 9.36 Å². The Morgan fingerprint density at radius 1 is 1.35 bits per heavy atom. The minimum absolute atomic E-state index is 0.247. The molecule has 0 atom stereocenters. The Morgan fingerprint density at radius 3 is 2.88 bits per heavy atom. The number of aromatic nitrogens is 5. The quantitative estimate of drug-likeness (QED) is 0.527. The van der Waals surface area contributed by atoms with Crippen molar-refractivity contribution in [1.82, 2.24) is 24.8 Å². The summed E-state index contributed by atoms with van der Waals surface area (Å²) in [4.78, 5) is 23.0. The van der Waals surface area contributed by atoms with Gasteiger partial charge >= 0.3 is 5.97 Å². The average molecular weight is 372 g/mol. The van der Waals surface area contributed by atoms with Crippen molar-refractivity contribution in [3.05, 3.63) is 64.7 Å². The number of allylic oxidation sites excluding steroid dienone is 1. The van der Waals surface area contributed by atoms with Crippen molar-refractivity contribution < 1.29 is 14.7 Å². The Bertz CT molecular complexity index is 1010. The number of rotatable bonds is 6. The smallest absolute Gasteiger partial charge is 0.325 e. The molecule has 3 rings (SSSR count). The van der Waals surface area contributed by atoms with E-state index in [0.717, 1.165) is 5.69 Å². The van der Waals surface area contributed by atoms with E-state index in [0.29, 0.717) is 22.0 Å². The summed E-state index contributed by atoms with van der Waals surface area (Å²) in [6, 6.07) is 7.17. The molecule has 0 amide bonds. The third-order valence-corrected chi connectivity index (χ3v) is 3.82. The minimum Gasteiger partial charge on any atom is -0.480 e. The van der Waals surface area contributed by atoms with Crippen LogP contribution in [0.25, 0.3) is 11.8 Å². The van der Waals surface area contributed by atoms with Crippen molar-refractivity contribution in [2.45, 2.75) is 13.5 Å². The summed E-state index contributed by atoms with van der Waals surface area (Å²) in [5, 5.41) is 21.0. The van der Waals surface area contributed by atoms with Gasteiger partial charge in [0.2, 0.25) is 0 Å². The number of carbonyl (C=O) groups is 2. The second-order valence-corrected chi connectivity index (χ2v) is 5.90. The molecule has 0 saturated carbocycles. The lowest BCUT2D eigenvalue weighted by Gasteiger charge is -2.05. The number of ketones is 1. The monoisotopic (exact) mass is 371 g/mol. The number of nitrogens with zero attached hydrogens (tertiary/aromatic N) is 5. The fraction of sp³-hybridized carbons (Fsp3) is 0.118. The zero-order valence-corrected chi connectivity index (χ0v) is 14.5. The molecule has 0 unspecified atom stereocenters. The molecular formula is C17H14ClN5O3. The number of aliphatic carboxylic acids is 1. The number of hydrogen-bond donors (Lipinski definition) is 1. The maximum absolute atomic E-state index is 12.4. The summed E-state index contributed by atoms with van der Waals surface area (Å²) in [7, 11) is 0. The van der Waals surface area contributed by atoms with Crippen LogP contribution in [0.2, 0.25) is 5.02 Å². The lowest BCUT2D eigenvalue weighted by molar-refractivity contribution is -0.137. The lowest BCUT2D eigenvalue weighted by Crippen LogP contribution is -2.08. The number of carboxylic acids is 1. The molecule has 2 aromatic heterocycles. The van der Waals surface area contributed by atoms with Crippen molar-refractivity contribution in [3.8, 4) is 5.69 Å². The van der Waals surface area contributed by atoms with Crippen molar-refractivity contribution in [1.29, 1.82) is 0 Å². The Labute approximate surface area is 153 Å². The summed E-state index contributed by atoms with van der Waals surface area (Å²) in [6.07, 6.45) is 5.76. The van der Waals surface area contributed by atoms with Gasteiger partial charge in [-0.2, -0.15) is 5.10 Å². The van der Waals surface area contributed by atoms with Crippen LogP contribution in [0.5, 0.6) is 0 Å². The molecule has 26 heavy (non-hydrogen) atoms. The number of carbonyl (C=O) groups excluding carboxylic acids is 1. The van der Waals surface area contributed by atoms with Gasteiger partial charge in [0.05, 0.1) is 29.3 Å². The van der Waals surface area contributed by atoms with Crippen LogP contribution in [-0.2, 0) is 11.3 Å². The molecule has 1 N–H and O–H groups in total. The number of carboxylic acid groups (broad SMARTS) is 1. The highest BCUT2D eigenvalue weighted by Gasteiger charge is 2.13.